The Kier molecular flexibility index (Phi) is 2.73. The zero-order valence-electron chi connectivity index (χ0n) is 10.7. The largest absolute Gasteiger partial charge is 0.399 e. The molecule has 0 amide bonds. The highest BCUT2D eigenvalue weighted by atomic mass is 15.1. The molecule has 0 heterocycles. The summed E-state index contributed by atoms with van der Waals surface area (Å²) in [6, 6.07) is 6.49. The van der Waals surface area contributed by atoms with E-state index in [2.05, 4.69) is 30.0 Å². The Hall–Kier alpha value is -1.18. The van der Waals surface area contributed by atoms with Crippen LogP contribution in [0.15, 0.2) is 18.2 Å². The Bertz CT molecular complexity index is 391. The fourth-order valence-electron chi connectivity index (χ4n) is 2.37. The van der Waals surface area contributed by atoms with Crippen LogP contribution in [0.25, 0.3) is 0 Å². The molecule has 2 nitrogen and oxygen atoms in total. The Balaban J connectivity index is 1.76. The molecule has 1 aromatic carbocycles. The van der Waals surface area contributed by atoms with Crippen LogP contribution in [0.3, 0.4) is 0 Å². The van der Waals surface area contributed by atoms with E-state index in [-0.39, 0.29) is 0 Å². The fraction of sp³-hybridized carbons (Fsp3) is 0.600. The number of hydrogen-bond acceptors (Lipinski definition) is 2. The third kappa shape index (κ3) is 2.74. The summed E-state index contributed by atoms with van der Waals surface area (Å²) in [5, 5.41) is 0. The van der Waals surface area contributed by atoms with Gasteiger partial charge in [-0.2, -0.15) is 0 Å². The summed E-state index contributed by atoms with van der Waals surface area (Å²) in [6.07, 6.45) is 5.70. The fourth-order valence-corrected chi connectivity index (χ4v) is 2.37. The Morgan fingerprint density at radius 3 is 2.18 bits per heavy atom. The van der Waals surface area contributed by atoms with Crippen molar-refractivity contribution in [2.45, 2.75) is 32.6 Å². The van der Waals surface area contributed by atoms with Crippen molar-refractivity contribution < 1.29 is 0 Å². The van der Waals surface area contributed by atoms with E-state index in [0.717, 1.165) is 17.5 Å². The van der Waals surface area contributed by atoms with Gasteiger partial charge in [0.05, 0.1) is 0 Å². The SMILES string of the molecule is Cc1cc(N(CC2CC2)CC2CC2)ccc1N. The second-order valence-corrected chi connectivity index (χ2v) is 5.83. The molecule has 2 fully saturated rings. The minimum Gasteiger partial charge on any atom is -0.399 e. The van der Waals surface area contributed by atoms with Gasteiger partial charge in [0.25, 0.3) is 0 Å². The first-order valence-corrected chi connectivity index (χ1v) is 6.83. The van der Waals surface area contributed by atoms with Crippen molar-refractivity contribution in [3.05, 3.63) is 23.8 Å². The maximum Gasteiger partial charge on any atom is 0.0370 e. The van der Waals surface area contributed by atoms with Gasteiger partial charge >= 0.3 is 0 Å². The summed E-state index contributed by atoms with van der Waals surface area (Å²) in [5.41, 5.74) is 9.38. The molecular formula is C15H22N2. The molecule has 0 aliphatic heterocycles. The molecule has 2 N–H and O–H groups in total. The Morgan fingerprint density at radius 1 is 1.12 bits per heavy atom. The van der Waals surface area contributed by atoms with E-state index in [4.69, 9.17) is 5.73 Å². The monoisotopic (exact) mass is 230 g/mol. The quantitative estimate of drug-likeness (QED) is 0.787. The highest BCUT2D eigenvalue weighted by Crippen LogP contribution is 2.36. The lowest BCUT2D eigenvalue weighted by Crippen LogP contribution is -2.28. The number of aryl methyl sites for hydroxylation is 1. The van der Waals surface area contributed by atoms with E-state index >= 15 is 0 Å². The minimum absolute atomic E-state index is 0.909. The molecule has 1 aromatic rings. The van der Waals surface area contributed by atoms with E-state index in [9.17, 15) is 0 Å². The molecule has 2 aliphatic rings. The average Bonchev–Trinajstić information content (AvgIpc) is 3.15. The molecular weight excluding hydrogens is 208 g/mol. The number of nitrogens with two attached hydrogens (primary N) is 1. The maximum atomic E-state index is 5.90. The van der Waals surface area contributed by atoms with E-state index in [0.29, 0.717) is 0 Å². The summed E-state index contributed by atoms with van der Waals surface area (Å²) in [6.45, 7) is 4.60. The standard InChI is InChI=1S/C15H22N2/c1-11-8-14(6-7-15(11)16)17(9-12-2-3-12)10-13-4-5-13/h6-8,12-13H,2-5,9-10,16H2,1H3. The minimum atomic E-state index is 0.909. The van der Waals surface area contributed by atoms with Gasteiger partial charge < -0.3 is 10.6 Å². The highest BCUT2D eigenvalue weighted by Gasteiger charge is 2.29. The van der Waals surface area contributed by atoms with Crippen molar-refractivity contribution in [3.63, 3.8) is 0 Å². The third-order valence-corrected chi connectivity index (χ3v) is 3.97. The molecule has 0 atom stereocenters. The molecule has 2 heteroatoms. The van der Waals surface area contributed by atoms with Crippen LogP contribution < -0.4 is 10.6 Å². The van der Waals surface area contributed by atoms with E-state index < -0.39 is 0 Å². The predicted molar refractivity (Wildman–Crippen MR) is 73.3 cm³/mol. The van der Waals surface area contributed by atoms with Crippen LogP contribution >= 0.6 is 0 Å². The van der Waals surface area contributed by atoms with Crippen molar-refractivity contribution in [1.29, 1.82) is 0 Å². The molecule has 17 heavy (non-hydrogen) atoms. The Morgan fingerprint density at radius 2 is 1.71 bits per heavy atom. The van der Waals surface area contributed by atoms with E-state index in [1.54, 1.807) is 0 Å². The van der Waals surface area contributed by atoms with Gasteiger partial charge in [0.15, 0.2) is 0 Å². The van der Waals surface area contributed by atoms with Crippen molar-refractivity contribution >= 4 is 11.4 Å². The zero-order valence-corrected chi connectivity index (χ0v) is 10.7. The van der Waals surface area contributed by atoms with Crippen LogP contribution in [0.4, 0.5) is 11.4 Å². The van der Waals surface area contributed by atoms with Crippen molar-refractivity contribution in [1.82, 2.24) is 0 Å². The summed E-state index contributed by atoms with van der Waals surface area (Å²) in [5.74, 6) is 1.90. The smallest absolute Gasteiger partial charge is 0.0370 e. The molecule has 0 bridgehead atoms. The first kappa shape index (κ1) is 10.9. The van der Waals surface area contributed by atoms with Gasteiger partial charge in [0, 0.05) is 24.5 Å². The number of nitrogens with zero attached hydrogens (tertiary/aromatic N) is 1. The van der Waals surface area contributed by atoms with Crippen LogP contribution in [-0.4, -0.2) is 13.1 Å². The van der Waals surface area contributed by atoms with Crippen molar-refractivity contribution in [3.8, 4) is 0 Å². The molecule has 0 spiro atoms. The van der Waals surface area contributed by atoms with Crippen LogP contribution in [-0.2, 0) is 0 Å². The van der Waals surface area contributed by atoms with Crippen molar-refractivity contribution in [2.75, 3.05) is 23.7 Å². The van der Waals surface area contributed by atoms with Crippen molar-refractivity contribution in [2.24, 2.45) is 11.8 Å². The average molecular weight is 230 g/mol. The van der Waals surface area contributed by atoms with Crippen LogP contribution in [0.5, 0.6) is 0 Å². The third-order valence-electron chi connectivity index (χ3n) is 3.97. The van der Waals surface area contributed by atoms with Gasteiger partial charge in [-0.25, -0.2) is 0 Å². The molecule has 0 radical (unpaired) electrons. The van der Waals surface area contributed by atoms with Gasteiger partial charge in [0.1, 0.15) is 0 Å². The van der Waals surface area contributed by atoms with Gasteiger partial charge in [-0.1, -0.05) is 0 Å². The Labute approximate surface area is 104 Å². The molecule has 0 unspecified atom stereocenters. The van der Waals surface area contributed by atoms with Crippen LogP contribution in [0.2, 0.25) is 0 Å². The molecule has 0 aromatic heterocycles. The lowest BCUT2D eigenvalue weighted by molar-refractivity contribution is 0.679. The second-order valence-electron chi connectivity index (χ2n) is 5.83. The number of hydrogen-bond donors (Lipinski definition) is 1. The van der Waals surface area contributed by atoms with Crippen LogP contribution in [0.1, 0.15) is 31.2 Å². The molecule has 3 rings (SSSR count). The molecule has 92 valence electrons. The van der Waals surface area contributed by atoms with Gasteiger partial charge in [-0.05, 0) is 68.2 Å². The second kappa shape index (κ2) is 4.25. The molecule has 0 saturated heterocycles. The highest BCUT2D eigenvalue weighted by molar-refractivity contribution is 5.58. The zero-order chi connectivity index (χ0) is 11.8. The normalized spacial score (nSPS) is 19.4. The van der Waals surface area contributed by atoms with E-state index in [1.807, 2.05) is 0 Å². The maximum absolute atomic E-state index is 5.90. The summed E-state index contributed by atoms with van der Waals surface area (Å²) in [4.78, 5) is 2.59. The number of benzene rings is 1. The van der Waals surface area contributed by atoms with Gasteiger partial charge in [0.2, 0.25) is 0 Å². The molecule has 2 saturated carbocycles. The van der Waals surface area contributed by atoms with Crippen LogP contribution in [0, 0.1) is 18.8 Å². The first-order valence-electron chi connectivity index (χ1n) is 6.83. The van der Waals surface area contributed by atoms with Gasteiger partial charge in [-0.3, -0.25) is 0 Å². The first-order chi connectivity index (χ1) is 8.22. The summed E-state index contributed by atoms with van der Waals surface area (Å²) < 4.78 is 0. The number of anilines is 2. The van der Waals surface area contributed by atoms with E-state index in [1.165, 1.54) is 50.0 Å². The number of nitrogen functional groups attached to an aromatic ring is 1. The summed E-state index contributed by atoms with van der Waals surface area (Å²) >= 11 is 0. The predicted octanol–water partition coefficient (Wildman–Crippen LogP) is 3.20. The lowest BCUT2D eigenvalue weighted by atomic mass is 10.1. The topological polar surface area (TPSA) is 29.3 Å². The summed E-state index contributed by atoms with van der Waals surface area (Å²) in [7, 11) is 0. The lowest BCUT2D eigenvalue weighted by Gasteiger charge is -2.25. The van der Waals surface area contributed by atoms with Gasteiger partial charge in [-0.15, -0.1) is 0 Å². The number of rotatable bonds is 5. The molecule has 2 aliphatic carbocycles.